The summed E-state index contributed by atoms with van der Waals surface area (Å²) in [6.45, 7) is 0.241. The van der Waals surface area contributed by atoms with Gasteiger partial charge in [-0.2, -0.15) is 0 Å². The van der Waals surface area contributed by atoms with E-state index >= 15 is 0 Å². The van der Waals surface area contributed by atoms with E-state index in [1.54, 1.807) is 48.5 Å². The van der Waals surface area contributed by atoms with Crippen molar-refractivity contribution in [3.05, 3.63) is 141 Å². The predicted octanol–water partition coefficient (Wildman–Crippen LogP) is 7.58. The highest BCUT2D eigenvalue weighted by molar-refractivity contribution is 6.05. The molecule has 2 heterocycles. The molecule has 4 aromatic rings. The van der Waals surface area contributed by atoms with Crippen LogP contribution in [0.2, 0.25) is 0 Å². The third-order valence-corrected chi connectivity index (χ3v) is 11.6. The van der Waals surface area contributed by atoms with Crippen LogP contribution in [0.25, 0.3) is 39.0 Å². The van der Waals surface area contributed by atoms with Gasteiger partial charge in [-0.25, -0.2) is 9.59 Å². The second-order valence-electron chi connectivity index (χ2n) is 16.0. The second kappa shape index (κ2) is 17.3. The molecule has 2 unspecified atom stereocenters. The Morgan fingerprint density at radius 1 is 0.825 bits per heavy atom. The van der Waals surface area contributed by atoms with Gasteiger partial charge in [0.15, 0.2) is 5.43 Å². The number of unbranched alkanes of at least 4 members (excludes halogenated alkanes) is 1. The Kier molecular flexibility index (Phi) is 11.5. The molecule has 0 spiro atoms. The smallest absolute Gasteiger partial charge is 0.336 e. The average molecular weight is 849 g/mol. The SMILES string of the molecule is CN(C)c1ccc2c(c1)OC1CC(=N)CCC1=C2c1ccc(C(=O)NC(CCCCNC(=O)c2ccc(-c3c4ccc(=O)cc-4oc4cc(O)ccc34)cc2)C(=O)O)cc1C(=O)O. The van der Waals surface area contributed by atoms with E-state index in [9.17, 15) is 39.3 Å². The molecule has 0 saturated heterocycles. The minimum absolute atomic E-state index is 0.0111. The number of rotatable bonds is 13. The summed E-state index contributed by atoms with van der Waals surface area (Å²) in [5, 5.41) is 44.9. The summed E-state index contributed by atoms with van der Waals surface area (Å²) in [7, 11) is 3.81. The fraction of sp³-hybridized carbons (Fsp3) is 0.224. The van der Waals surface area contributed by atoms with Crippen LogP contribution in [0.15, 0.2) is 112 Å². The molecule has 8 rings (SSSR count). The lowest BCUT2D eigenvalue weighted by molar-refractivity contribution is -0.139. The maximum Gasteiger partial charge on any atom is 0.336 e. The lowest BCUT2D eigenvalue weighted by atomic mass is 9.79. The van der Waals surface area contributed by atoms with Crippen molar-refractivity contribution in [1.29, 1.82) is 5.41 Å². The zero-order chi connectivity index (χ0) is 44.5. The van der Waals surface area contributed by atoms with Gasteiger partial charge in [0.1, 0.15) is 35.0 Å². The molecule has 14 heteroatoms. The molecule has 2 aliphatic heterocycles. The highest BCUT2D eigenvalue weighted by Crippen LogP contribution is 2.46. The van der Waals surface area contributed by atoms with E-state index in [0.29, 0.717) is 88.1 Å². The Balaban J connectivity index is 0.911. The van der Waals surface area contributed by atoms with Gasteiger partial charge in [-0.15, -0.1) is 0 Å². The zero-order valence-corrected chi connectivity index (χ0v) is 34.5. The van der Waals surface area contributed by atoms with E-state index in [-0.39, 0.29) is 41.2 Å². The summed E-state index contributed by atoms with van der Waals surface area (Å²) in [6.07, 6.45) is 1.82. The first-order valence-corrected chi connectivity index (χ1v) is 20.5. The molecule has 63 heavy (non-hydrogen) atoms. The lowest BCUT2D eigenvalue weighted by Gasteiger charge is -2.35. The number of amides is 2. The van der Waals surface area contributed by atoms with Crippen LogP contribution >= 0.6 is 0 Å². The predicted molar refractivity (Wildman–Crippen MR) is 237 cm³/mol. The maximum absolute atomic E-state index is 13.5. The van der Waals surface area contributed by atoms with Crippen molar-refractivity contribution in [2.24, 2.45) is 0 Å². The van der Waals surface area contributed by atoms with Gasteiger partial charge in [0.05, 0.1) is 5.56 Å². The third-order valence-electron chi connectivity index (χ3n) is 11.6. The number of ether oxygens (including phenoxy) is 1. The molecule has 2 atom stereocenters. The molecule has 0 bridgehead atoms. The highest BCUT2D eigenvalue weighted by Gasteiger charge is 2.35. The maximum atomic E-state index is 13.5. The van der Waals surface area contributed by atoms with Crippen LogP contribution < -0.4 is 25.7 Å². The standard InChI is InChI=1S/C49H44N4O10/c1-53(2)30-12-17-37-41(23-30)62-40-22-29(50)11-16-36(40)45(37)33-15-10-28(21-38(33)48(58)59)47(57)52-39(49(60)61)5-3-4-20-51-46(56)27-8-6-26(7-9-27)44-34-18-13-31(54)24-42(34)63-43-25-32(55)14-19-35(43)44/h6-10,12-15,17-19,21,23-25,39-40,50,54H,3-5,11,16,20,22H2,1-2H3,(H,51,56)(H,52,57)(H,58,59)(H,60,61). The van der Waals surface area contributed by atoms with Crippen LogP contribution in [-0.2, 0) is 4.79 Å². The van der Waals surface area contributed by atoms with E-state index in [2.05, 4.69) is 10.6 Å². The molecule has 6 N–H and O–H groups in total. The normalized spacial score (nSPS) is 15.0. The summed E-state index contributed by atoms with van der Waals surface area (Å²) in [5.41, 5.74) is 6.82. The van der Waals surface area contributed by atoms with Crippen LogP contribution in [0.4, 0.5) is 5.69 Å². The van der Waals surface area contributed by atoms with Crippen molar-refractivity contribution in [3.8, 4) is 33.9 Å². The van der Waals surface area contributed by atoms with E-state index in [1.165, 1.54) is 30.3 Å². The highest BCUT2D eigenvalue weighted by atomic mass is 16.5. The van der Waals surface area contributed by atoms with Gasteiger partial charge >= 0.3 is 11.9 Å². The van der Waals surface area contributed by atoms with E-state index in [0.717, 1.165) is 22.4 Å². The van der Waals surface area contributed by atoms with Crippen LogP contribution in [0.3, 0.4) is 0 Å². The number of anilines is 1. The van der Waals surface area contributed by atoms with E-state index < -0.39 is 30.0 Å². The minimum atomic E-state index is -1.27. The van der Waals surface area contributed by atoms with Gasteiger partial charge in [-0.1, -0.05) is 18.2 Å². The van der Waals surface area contributed by atoms with Crippen molar-refractivity contribution >= 4 is 51.7 Å². The summed E-state index contributed by atoms with van der Waals surface area (Å²) in [5.74, 6) is -2.63. The molecule has 0 radical (unpaired) electrons. The minimum Gasteiger partial charge on any atom is -0.508 e. The molecule has 4 aromatic carbocycles. The number of aromatic hydroxyl groups is 1. The molecule has 14 nitrogen and oxygen atoms in total. The fourth-order valence-corrected chi connectivity index (χ4v) is 8.35. The third kappa shape index (κ3) is 8.60. The van der Waals surface area contributed by atoms with Gasteiger partial charge in [0, 0.05) is 89.9 Å². The van der Waals surface area contributed by atoms with E-state index in [4.69, 9.17) is 14.6 Å². The van der Waals surface area contributed by atoms with Crippen molar-refractivity contribution in [2.75, 3.05) is 25.5 Å². The second-order valence-corrected chi connectivity index (χ2v) is 16.0. The first kappa shape index (κ1) is 42.0. The summed E-state index contributed by atoms with van der Waals surface area (Å²) in [6, 6.07) is 25.0. The number of hydrogen-bond donors (Lipinski definition) is 6. The van der Waals surface area contributed by atoms with Crippen molar-refractivity contribution < 1.29 is 43.7 Å². The Labute approximate surface area is 361 Å². The van der Waals surface area contributed by atoms with Crippen molar-refractivity contribution in [2.45, 2.75) is 50.7 Å². The van der Waals surface area contributed by atoms with Gasteiger partial charge < -0.3 is 45.4 Å². The number of phenolic OH excluding ortho intramolecular Hbond substituents is 1. The number of aromatic carboxylic acids is 1. The van der Waals surface area contributed by atoms with Crippen LogP contribution in [0, 0.1) is 5.41 Å². The van der Waals surface area contributed by atoms with Crippen LogP contribution in [-0.4, -0.2) is 77.6 Å². The Bertz CT molecular complexity index is 2900. The topological polar surface area (TPSA) is 220 Å². The summed E-state index contributed by atoms with van der Waals surface area (Å²) >= 11 is 0. The number of carboxylic acids is 2. The molecular weight excluding hydrogens is 805 g/mol. The molecular formula is C49H44N4O10. The number of phenols is 1. The Morgan fingerprint density at radius 3 is 2.32 bits per heavy atom. The molecule has 4 aliphatic rings. The van der Waals surface area contributed by atoms with Gasteiger partial charge in [-0.05, 0) is 115 Å². The Morgan fingerprint density at radius 2 is 1.57 bits per heavy atom. The summed E-state index contributed by atoms with van der Waals surface area (Å²) < 4.78 is 12.3. The van der Waals surface area contributed by atoms with Gasteiger partial charge in [-0.3, -0.25) is 14.4 Å². The first-order valence-electron chi connectivity index (χ1n) is 20.5. The van der Waals surface area contributed by atoms with Gasteiger partial charge in [0.25, 0.3) is 11.8 Å². The number of nitrogens with zero attached hydrogens (tertiary/aromatic N) is 1. The molecule has 320 valence electrons. The number of carbonyl (C=O) groups excluding carboxylic acids is 2. The summed E-state index contributed by atoms with van der Waals surface area (Å²) in [4.78, 5) is 65.6. The Hall–Kier alpha value is -7.74. The van der Waals surface area contributed by atoms with Crippen LogP contribution in [0.1, 0.15) is 80.7 Å². The van der Waals surface area contributed by atoms with Gasteiger partial charge in [0.2, 0.25) is 0 Å². The van der Waals surface area contributed by atoms with Crippen molar-refractivity contribution in [3.63, 3.8) is 0 Å². The largest absolute Gasteiger partial charge is 0.508 e. The van der Waals surface area contributed by atoms with E-state index in [1.807, 2.05) is 37.2 Å². The molecule has 0 aromatic heterocycles. The molecule has 2 aliphatic carbocycles. The van der Waals surface area contributed by atoms with Crippen molar-refractivity contribution in [1.82, 2.24) is 10.6 Å². The number of fused-ring (bicyclic) bond motifs is 4. The number of nitrogens with one attached hydrogen (secondary N) is 3. The first-order chi connectivity index (χ1) is 30.2. The molecule has 1 saturated carbocycles. The zero-order valence-electron chi connectivity index (χ0n) is 34.5. The van der Waals surface area contributed by atoms with Crippen LogP contribution in [0.5, 0.6) is 11.5 Å². The monoisotopic (exact) mass is 848 g/mol. The molecule has 1 fully saturated rings. The lowest BCUT2D eigenvalue weighted by Crippen LogP contribution is -2.41. The quantitative estimate of drug-likeness (QED) is 0.0491. The average Bonchev–Trinajstić information content (AvgIpc) is 3.26. The fourth-order valence-electron chi connectivity index (χ4n) is 8.35. The number of hydrogen-bond acceptors (Lipinski definition) is 10. The number of carbonyl (C=O) groups is 4. The number of carboxylic acid groups (broad SMARTS) is 2. The number of benzene rings is 5. The number of aliphatic carboxylic acids is 1. The molecule has 2 amide bonds.